The molecule has 0 fully saturated rings. The number of nitrogens with one attached hydrogen (secondary N) is 1. The van der Waals surface area contributed by atoms with Gasteiger partial charge in [0.05, 0.1) is 6.61 Å². The van der Waals surface area contributed by atoms with Crippen molar-refractivity contribution < 1.29 is 14.3 Å². The molecule has 0 heterocycles. The molecular weight excluding hydrogens is 376 g/mol. The fourth-order valence-corrected chi connectivity index (χ4v) is 3.09. The zero-order chi connectivity index (χ0) is 21.8. The minimum absolute atomic E-state index is 0.0375. The van der Waals surface area contributed by atoms with E-state index in [0.29, 0.717) is 32.5 Å². The molecule has 1 N–H and O–H groups in total. The van der Waals surface area contributed by atoms with Crippen molar-refractivity contribution >= 4 is 11.8 Å². The third kappa shape index (κ3) is 7.90. The summed E-state index contributed by atoms with van der Waals surface area (Å²) in [5.41, 5.74) is 2.19. The molecule has 2 rings (SSSR count). The Kier molecular flexibility index (Phi) is 9.92. The average molecular weight is 411 g/mol. The molecule has 2 amide bonds. The van der Waals surface area contributed by atoms with Crippen molar-refractivity contribution in [3.8, 4) is 5.75 Å². The minimum atomic E-state index is -0.521. The van der Waals surface area contributed by atoms with Gasteiger partial charge in [-0.25, -0.2) is 0 Å². The molecule has 0 spiro atoms. The molecule has 162 valence electrons. The molecule has 0 saturated carbocycles. The van der Waals surface area contributed by atoms with Gasteiger partial charge in [-0.1, -0.05) is 61.4 Å². The molecule has 0 aliphatic heterocycles. The van der Waals surface area contributed by atoms with E-state index in [1.807, 2.05) is 61.5 Å². The van der Waals surface area contributed by atoms with Gasteiger partial charge in [0.15, 0.2) is 0 Å². The maximum absolute atomic E-state index is 13.0. The lowest BCUT2D eigenvalue weighted by atomic mass is 10.1. The summed E-state index contributed by atoms with van der Waals surface area (Å²) in [6, 6.07) is 17.1. The van der Waals surface area contributed by atoms with E-state index in [9.17, 15) is 9.59 Å². The first-order valence-electron chi connectivity index (χ1n) is 10.8. The Morgan fingerprint density at radius 3 is 2.40 bits per heavy atom. The maximum Gasteiger partial charge on any atom is 0.242 e. The molecule has 0 aromatic heterocycles. The smallest absolute Gasteiger partial charge is 0.242 e. The van der Waals surface area contributed by atoms with Crippen molar-refractivity contribution in [3.05, 3.63) is 65.7 Å². The SMILES string of the molecule is CCCCNC(=O)C(C)N(Cc1ccccc1)C(=O)CCCOc1ccc(C)cc1. The highest BCUT2D eigenvalue weighted by molar-refractivity contribution is 5.87. The van der Waals surface area contributed by atoms with Crippen LogP contribution in [0.5, 0.6) is 5.75 Å². The number of ether oxygens (including phenoxy) is 1. The van der Waals surface area contributed by atoms with Crippen molar-refractivity contribution in [1.82, 2.24) is 10.2 Å². The molecule has 5 heteroatoms. The monoisotopic (exact) mass is 410 g/mol. The summed E-state index contributed by atoms with van der Waals surface area (Å²) in [5, 5.41) is 2.94. The highest BCUT2D eigenvalue weighted by atomic mass is 16.5. The van der Waals surface area contributed by atoms with E-state index in [0.717, 1.165) is 24.2 Å². The number of hydrogen-bond donors (Lipinski definition) is 1. The summed E-state index contributed by atoms with van der Waals surface area (Å²) >= 11 is 0. The van der Waals surface area contributed by atoms with Crippen molar-refractivity contribution in [2.75, 3.05) is 13.2 Å². The zero-order valence-corrected chi connectivity index (χ0v) is 18.4. The van der Waals surface area contributed by atoms with Crippen LogP contribution in [-0.2, 0) is 16.1 Å². The number of rotatable bonds is 12. The molecule has 5 nitrogen and oxygen atoms in total. The van der Waals surface area contributed by atoms with Gasteiger partial charge < -0.3 is 15.0 Å². The van der Waals surface area contributed by atoms with E-state index < -0.39 is 6.04 Å². The average Bonchev–Trinajstić information content (AvgIpc) is 2.76. The Labute approximate surface area is 180 Å². The molecule has 1 unspecified atom stereocenters. The van der Waals surface area contributed by atoms with Crippen LogP contribution < -0.4 is 10.1 Å². The molecule has 0 saturated heterocycles. The highest BCUT2D eigenvalue weighted by Crippen LogP contribution is 2.14. The summed E-state index contributed by atoms with van der Waals surface area (Å²) in [6.07, 6.45) is 2.89. The van der Waals surface area contributed by atoms with Crippen molar-refractivity contribution in [3.63, 3.8) is 0 Å². The van der Waals surface area contributed by atoms with Crippen LogP contribution in [0.2, 0.25) is 0 Å². The van der Waals surface area contributed by atoms with Gasteiger partial charge in [-0.3, -0.25) is 9.59 Å². The first kappa shape index (κ1) is 23.5. The standard InChI is InChI=1S/C25H34N2O3/c1-4-5-17-26-25(29)21(3)27(19-22-10-7-6-8-11-22)24(28)12-9-18-30-23-15-13-20(2)14-16-23/h6-8,10-11,13-16,21H,4-5,9,12,17-19H2,1-3H3,(H,26,29). The first-order chi connectivity index (χ1) is 14.5. The number of nitrogens with zero attached hydrogens (tertiary/aromatic N) is 1. The number of aryl methyl sites for hydroxylation is 1. The molecule has 2 aromatic carbocycles. The maximum atomic E-state index is 13.0. The molecule has 0 bridgehead atoms. The molecule has 0 aliphatic rings. The predicted octanol–water partition coefficient (Wildman–Crippen LogP) is 4.49. The summed E-state index contributed by atoms with van der Waals surface area (Å²) in [4.78, 5) is 27.2. The fraction of sp³-hybridized carbons (Fsp3) is 0.440. The van der Waals surface area contributed by atoms with E-state index in [4.69, 9.17) is 4.74 Å². The molecular formula is C25H34N2O3. The zero-order valence-electron chi connectivity index (χ0n) is 18.4. The van der Waals surface area contributed by atoms with E-state index in [-0.39, 0.29) is 11.8 Å². The fourth-order valence-electron chi connectivity index (χ4n) is 3.09. The first-order valence-corrected chi connectivity index (χ1v) is 10.8. The third-order valence-electron chi connectivity index (χ3n) is 5.02. The third-order valence-corrected chi connectivity index (χ3v) is 5.02. The van der Waals surface area contributed by atoms with Crippen LogP contribution in [0.1, 0.15) is 50.7 Å². The lowest BCUT2D eigenvalue weighted by Gasteiger charge is -2.29. The van der Waals surface area contributed by atoms with Crippen LogP contribution in [-0.4, -0.2) is 35.9 Å². The van der Waals surface area contributed by atoms with E-state index >= 15 is 0 Å². The summed E-state index contributed by atoms with van der Waals surface area (Å²) < 4.78 is 5.73. The Hall–Kier alpha value is -2.82. The number of amides is 2. The molecule has 0 aliphatic carbocycles. The van der Waals surface area contributed by atoms with Crippen LogP contribution in [0.25, 0.3) is 0 Å². The Balaban J connectivity index is 1.93. The van der Waals surface area contributed by atoms with Gasteiger partial charge in [-0.15, -0.1) is 0 Å². The quantitative estimate of drug-likeness (QED) is 0.525. The van der Waals surface area contributed by atoms with Crippen LogP contribution >= 0.6 is 0 Å². The van der Waals surface area contributed by atoms with Crippen LogP contribution in [0.15, 0.2) is 54.6 Å². The minimum Gasteiger partial charge on any atom is -0.494 e. The topological polar surface area (TPSA) is 58.6 Å². The number of carbonyl (C=O) groups is 2. The molecule has 0 radical (unpaired) electrons. The molecule has 1 atom stereocenters. The Morgan fingerprint density at radius 2 is 1.73 bits per heavy atom. The summed E-state index contributed by atoms with van der Waals surface area (Å²) in [6.45, 7) is 7.43. The van der Waals surface area contributed by atoms with Gasteiger partial charge in [0.2, 0.25) is 11.8 Å². The van der Waals surface area contributed by atoms with Gasteiger partial charge in [0.1, 0.15) is 11.8 Å². The van der Waals surface area contributed by atoms with Crippen LogP contribution in [0, 0.1) is 6.92 Å². The van der Waals surface area contributed by atoms with Crippen molar-refractivity contribution in [2.24, 2.45) is 0 Å². The lowest BCUT2D eigenvalue weighted by Crippen LogP contribution is -2.47. The lowest BCUT2D eigenvalue weighted by molar-refractivity contribution is -0.140. The van der Waals surface area contributed by atoms with Crippen molar-refractivity contribution in [2.45, 2.75) is 59.0 Å². The van der Waals surface area contributed by atoms with Gasteiger partial charge in [0.25, 0.3) is 0 Å². The van der Waals surface area contributed by atoms with Crippen LogP contribution in [0.3, 0.4) is 0 Å². The second kappa shape index (κ2) is 12.7. The van der Waals surface area contributed by atoms with E-state index in [1.54, 1.807) is 11.8 Å². The van der Waals surface area contributed by atoms with Gasteiger partial charge >= 0.3 is 0 Å². The number of hydrogen-bond acceptors (Lipinski definition) is 3. The van der Waals surface area contributed by atoms with Gasteiger partial charge in [-0.2, -0.15) is 0 Å². The largest absolute Gasteiger partial charge is 0.494 e. The highest BCUT2D eigenvalue weighted by Gasteiger charge is 2.25. The van der Waals surface area contributed by atoms with Gasteiger partial charge in [0, 0.05) is 19.5 Å². The number of carbonyl (C=O) groups excluding carboxylic acids is 2. The van der Waals surface area contributed by atoms with Crippen molar-refractivity contribution in [1.29, 1.82) is 0 Å². The normalized spacial score (nSPS) is 11.6. The van der Waals surface area contributed by atoms with Gasteiger partial charge in [-0.05, 0) is 44.4 Å². The summed E-state index contributed by atoms with van der Waals surface area (Å²) in [7, 11) is 0. The number of benzene rings is 2. The predicted molar refractivity (Wildman–Crippen MR) is 120 cm³/mol. The van der Waals surface area contributed by atoms with E-state index in [2.05, 4.69) is 12.2 Å². The number of unbranched alkanes of at least 4 members (excludes halogenated alkanes) is 1. The van der Waals surface area contributed by atoms with E-state index in [1.165, 1.54) is 5.56 Å². The molecule has 30 heavy (non-hydrogen) atoms. The Bertz CT molecular complexity index is 775. The Morgan fingerprint density at radius 1 is 1.03 bits per heavy atom. The second-order valence-corrected chi connectivity index (χ2v) is 7.59. The van der Waals surface area contributed by atoms with Crippen LogP contribution in [0.4, 0.5) is 0 Å². The second-order valence-electron chi connectivity index (χ2n) is 7.59. The molecule has 2 aromatic rings. The summed E-state index contributed by atoms with van der Waals surface area (Å²) in [5.74, 6) is 0.658.